The molecule has 0 aromatic rings. The molecule has 0 bridgehead atoms. The lowest BCUT2D eigenvalue weighted by Gasteiger charge is -2.47. The molecule has 9 atom stereocenters. The van der Waals surface area contributed by atoms with Crippen molar-refractivity contribution >= 4 is 11.9 Å². The smallest absolute Gasteiger partial charge is 0.310 e. The van der Waals surface area contributed by atoms with Crippen molar-refractivity contribution in [2.75, 3.05) is 6.54 Å². The van der Waals surface area contributed by atoms with Gasteiger partial charge >= 0.3 is 17.9 Å². The summed E-state index contributed by atoms with van der Waals surface area (Å²) in [5.74, 6) is -6.46. The highest BCUT2D eigenvalue weighted by Gasteiger charge is 2.61. The second kappa shape index (κ2) is 11.8. The Bertz CT molecular complexity index is 952. The third-order valence-electron chi connectivity index (χ3n) is 5.50. The molecule has 2 aliphatic rings. The summed E-state index contributed by atoms with van der Waals surface area (Å²) < 4.78 is 51.0. The zero-order chi connectivity index (χ0) is 26.3. The van der Waals surface area contributed by atoms with Crippen molar-refractivity contribution in [3.05, 3.63) is 31.3 Å². The molecule has 2 rings (SSSR count). The highest BCUT2D eigenvalue weighted by molar-refractivity contribution is 5.66. The molecule has 192 valence electrons. The minimum atomic E-state index is -3.96. The van der Waals surface area contributed by atoms with Gasteiger partial charge in [0.05, 0.1) is 18.7 Å². The van der Waals surface area contributed by atoms with E-state index in [0.29, 0.717) is 0 Å². The summed E-state index contributed by atoms with van der Waals surface area (Å²) >= 11 is 0. The lowest BCUT2D eigenvalue weighted by Crippen LogP contribution is -2.65. The van der Waals surface area contributed by atoms with Crippen molar-refractivity contribution in [3.63, 3.8) is 0 Å². The van der Waals surface area contributed by atoms with Gasteiger partial charge in [0, 0.05) is 28.6 Å². The molecule has 0 radical (unpaired) electrons. The Morgan fingerprint density at radius 3 is 2.26 bits per heavy atom. The number of nitrogens with zero attached hydrogens (tertiary/aromatic N) is 9. The molecule has 1 heterocycles. The highest BCUT2D eigenvalue weighted by Crippen LogP contribution is 2.41. The van der Waals surface area contributed by atoms with Crippen LogP contribution in [0.4, 0.5) is 8.78 Å². The molecule has 0 aromatic heterocycles. The van der Waals surface area contributed by atoms with Crippen molar-refractivity contribution in [3.8, 4) is 0 Å². The van der Waals surface area contributed by atoms with Crippen LogP contribution >= 0.6 is 0 Å². The van der Waals surface area contributed by atoms with Crippen LogP contribution in [0.5, 0.6) is 0 Å². The van der Waals surface area contributed by atoms with Gasteiger partial charge in [-0.2, -0.15) is 8.78 Å². The molecule has 0 spiro atoms. The van der Waals surface area contributed by atoms with E-state index in [1.165, 1.54) is 0 Å². The number of aliphatic hydroxyl groups is 1. The van der Waals surface area contributed by atoms with Gasteiger partial charge < -0.3 is 24.1 Å². The molecule has 2 fully saturated rings. The number of carbonyl (C=O) groups excluding carboxylic acids is 2. The van der Waals surface area contributed by atoms with E-state index in [1.807, 2.05) is 0 Å². The predicted octanol–water partition coefficient (Wildman–Crippen LogP) is 2.66. The Hall–Kier alpha value is -3.39. The fraction of sp³-hybridized carbons (Fsp3) is 0.882. The molecule has 35 heavy (non-hydrogen) atoms. The Kier molecular flexibility index (Phi) is 9.42. The van der Waals surface area contributed by atoms with Gasteiger partial charge in [-0.3, -0.25) is 9.59 Å². The molecule has 18 heteroatoms. The normalized spacial score (nSPS) is 35.9. The Morgan fingerprint density at radius 2 is 1.71 bits per heavy atom. The van der Waals surface area contributed by atoms with Gasteiger partial charge in [0.2, 0.25) is 0 Å². The maximum Gasteiger partial charge on any atom is 0.310 e. The second-order valence-corrected chi connectivity index (χ2v) is 7.96. The van der Waals surface area contributed by atoms with Gasteiger partial charge in [-0.15, -0.1) is 0 Å². The summed E-state index contributed by atoms with van der Waals surface area (Å²) in [6.07, 6.45) is -10.4. The van der Waals surface area contributed by atoms with Gasteiger partial charge in [0.15, 0.2) is 12.4 Å². The summed E-state index contributed by atoms with van der Waals surface area (Å²) in [7, 11) is 0. The third kappa shape index (κ3) is 6.39. The van der Waals surface area contributed by atoms with E-state index in [0.717, 1.165) is 13.8 Å². The average Bonchev–Trinajstić information content (AvgIpc) is 2.76. The van der Waals surface area contributed by atoms with Crippen LogP contribution in [0.2, 0.25) is 0 Å². The standard InChI is InChI=1S/C17H23F2N9O7/c1-6-4-9(24-27-21)14(32-7(2)29)12(31)13(6)35-16-11(25-28-22)15(33-8(3)30)17(18,19)10(34-16)5-23-26-20/h6,9-16,31H,4-5H2,1-3H3/t6-,9?,10+,11?,12-,13+,14-,15+,16+/m0/s1. The van der Waals surface area contributed by atoms with Crippen LogP contribution in [0.1, 0.15) is 27.2 Å². The van der Waals surface area contributed by atoms with Crippen LogP contribution in [0, 0.1) is 5.92 Å². The maximum absolute atomic E-state index is 15.1. The van der Waals surface area contributed by atoms with E-state index < -0.39 is 79.2 Å². The first kappa shape index (κ1) is 27.9. The van der Waals surface area contributed by atoms with Crippen molar-refractivity contribution < 1.29 is 42.4 Å². The average molecular weight is 503 g/mol. The number of rotatable bonds is 8. The summed E-state index contributed by atoms with van der Waals surface area (Å²) in [6.45, 7) is 2.63. The molecule has 1 N–H and O–H groups in total. The quantitative estimate of drug-likeness (QED) is 0.224. The summed E-state index contributed by atoms with van der Waals surface area (Å²) in [4.78, 5) is 30.7. The van der Waals surface area contributed by atoms with Gasteiger partial charge in [-0.1, -0.05) is 22.3 Å². The van der Waals surface area contributed by atoms with Crippen LogP contribution in [-0.4, -0.2) is 78.4 Å². The second-order valence-electron chi connectivity index (χ2n) is 7.96. The molecule has 1 saturated carbocycles. The fourth-order valence-electron chi connectivity index (χ4n) is 4.07. The van der Waals surface area contributed by atoms with Crippen LogP contribution in [-0.2, 0) is 28.5 Å². The molecule has 0 amide bonds. The van der Waals surface area contributed by atoms with Crippen molar-refractivity contribution in [1.29, 1.82) is 0 Å². The zero-order valence-corrected chi connectivity index (χ0v) is 18.8. The molecule has 16 nitrogen and oxygen atoms in total. The Labute approximate surface area is 196 Å². The molecule has 1 saturated heterocycles. The molecule has 1 aliphatic heterocycles. The number of halogens is 2. The number of ether oxygens (including phenoxy) is 4. The number of alkyl halides is 2. The van der Waals surface area contributed by atoms with E-state index in [9.17, 15) is 14.7 Å². The third-order valence-corrected chi connectivity index (χ3v) is 5.50. The van der Waals surface area contributed by atoms with E-state index >= 15 is 8.78 Å². The molecular formula is C17H23F2N9O7. The van der Waals surface area contributed by atoms with Gasteiger partial charge in [-0.05, 0) is 28.9 Å². The van der Waals surface area contributed by atoms with Crippen molar-refractivity contribution in [2.24, 2.45) is 21.3 Å². The van der Waals surface area contributed by atoms with E-state index in [2.05, 4.69) is 30.1 Å². The first-order valence-electron chi connectivity index (χ1n) is 10.3. The van der Waals surface area contributed by atoms with Crippen LogP contribution in [0.15, 0.2) is 15.3 Å². The summed E-state index contributed by atoms with van der Waals surface area (Å²) in [5, 5.41) is 20.8. The molecule has 1 aliphatic carbocycles. The number of carbonyl (C=O) groups is 2. The minimum Gasteiger partial charge on any atom is -0.459 e. The van der Waals surface area contributed by atoms with E-state index in [4.69, 9.17) is 35.5 Å². The van der Waals surface area contributed by atoms with Gasteiger partial charge in [-0.25, -0.2) is 0 Å². The first-order valence-corrected chi connectivity index (χ1v) is 10.3. The summed E-state index contributed by atoms with van der Waals surface area (Å²) in [6, 6.07) is -2.87. The number of esters is 2. The topological polar surface area (TPSA) is 238 Å². The molecule has 2 unspecified atom stereocenters. The number of aliphatic hydroxyl groups excluding tert-OH is 1. The zero-order valence-electron chi connectivity index (χ0n) is 18.8. The van der Waals surface area contributed by atoms with E-state index in [1.54, 1.807) is 6.92 Å². The minimum absolute atomic E-state index is 0.0638. The highest BCUT2D eigenvalue weighted by atomic mass is 19.3. The van der Waals surface area contributed by atoms with E-state index in [-0.39, 0.29) is 6.42 Å². The SMILES string of the molecule is CC(=O)O[C@@H]1C(N=[N+]=[N-])[C@@H](O[C@H]2[C@H](O)[C@@H](OC(C)=O)C(N=[N+]=[N-])C[C@@H]2C)O[C@H](CN=[N+]=[N-])C1(F)F. The Balaban J connectivity index is 2.45. The predicted molar refractivity (Wildman–Crippen MR) is 109 cm³/mol. The number of hydrogen-bond donors (Lipinski definition) is 1. The first-order chi connectivity index (χ1) is 16.5. The maximum atomic E-state index is 15.1. The lowest BCUT2D eigenvalue weighted by atomic mass is 9.80. The van der Waals surface area contributed by atoms with Crippen molar-refractivity contribution in [1.82, 2.24) is 0 Å². The lowest BCUT2D eigenvalue weighted by molar-refractivity contribution is -0.329. The monoisotopic (exact) mass is 503 g/mol. The van der Waals surface area contributed by atoms with Crippen LogP contribution < -0.4 is 0 Å². The summed E-state index contributed by atoms with van der Waals surface area (Å²) in [5.41, 5.74) is 26.3. The molecular weight excluding hydrogens is 480 g/mol. The number of azide groups is 3. The van der Waals surface area contributed by atoms with Crippen molar-refractivity contribution in [2.45, 2.75) is 82.0 Å². The van der Waals surface area contributed by atoms with Gasteiger partial charge in [0.25, 0.3) is 0 Å². The fourth-order valence-corrected chi connectivity index (χ4v) is 4.07. The van der Waals surface area contributed by atoms with Gasteiger partial charge in [0.1, 0.15) is 24.4 Å². The van der Waals surface area contributed by atoms with Crippen LogP contribution in [0.3, 0.4) is 0 Å². The molecule has 0 aromatic carbocycles. The largest absolute Gasteiger partial charge is 0.459 e. The van der Waals surface area contributed by atoms with Crippen LogP contribution in [0.25, 0.3) is 31.3 Å². The number of hydrogen-bond acceptors (Lipinski definition) is 10. The Morgan fingerprint density at radius 1 is 1.09 bits per heavy atom.